The number of rotatable bonds is 2. The second kappa shape index (κ2) is 6.37. The van der Waals surface area contributed by atoms with Crippen LogP contribution in [0.1, 0.15) is 39.5 Å². The van der Waals surface area contributed by atoms with Crippen LogP contribution in [0.5, 0.6) is 0 Å². The van der Waals surface area contributed by atoms with Crippen LogP contribution in [0.2, 0.25) is 0 Å². The van der Waals surface area contributed by atoms with Crippen molar-refractivity contribution < 1.29 is 9.53 Å². The predicted octanol–water partition coefficient (Wildman–Crippen LogP) is 1.41. The summed E-state index contributed by atoms with van der Waals surface area (Å²) in [5.41, 5.74) is 2.84. The molecule has 1 amide bonds. The van der Waals surface area contributed by atoms with E-state index < -0.39 is 0 Å². The van der Waals surface area contributed by atoms with Gasteiger partial charge in [0.1, 0.15) is 17.6 Å². The lowest BCUT2D eigenvalue weighted by Crippen LogP contribution is -2.42. The number of ether oxygens (including phenoxy) is 1. The highest BCUT2D eigenvalue weighted by Crippen LogP contribution is 2.22. The molecule has 0 spiro atoms. The van der Waals surface area contributed by atoms with E-state index in [0.29, 0.717) is 31.2 Å². The van der Waals surface area contributed by atoms with Gasteiger partial charge in [-0.3, -0.25) is 9.78 Å². The number of carbonyl (C=O) groups excluding carboxylic acids is 1. The molecule has 120 valence electrons. The molecule has 0 saturated carbocycles. The monoisotopic (exact) mass is 313 g/mol. The van der Waals surface area contributed by atoms with Gasteiger partial charge in [-0.15, -0.1) is 0 Å². The summed E-state index contributed by atoms with van der Waals surface area (Å²) in [6, 6.07) is 1.90. The maximum Gasteiger partial charge on any atom is 0.274 e. The number of hydrogen-bond acceptors (Lipinski definition) is 6. The van der Waals surface area contributed by atoms with Crippen molar-refractivity contribution in [1.29, 1.82) is 0 Å². The van der Waals surface area contributed by atoms with Crippen LogP contribution in [0.4, 0.5) is 0 Å². The Morgan fingerprint density at radius 3 is 2.70 bits per heavy atom. The number of morpholine rings is 1. The second-order valence-electron chi connectivity index (χ2n) is 5.64. The number of carbonyl (C=O) groups is 1. The third-order valence-corrected chi connectivity index (χ3v) is 3.67. The minimum absolute atomic E-state index is 0.131. The van der Waals surface area contributed by atoms with Crippen molar-refractivity contribution in [3.8, 4) is 0 Å². The average molecular weight is 313 g/mol. The fourth-order valence-electron chi connectivity index (χ4n) is 2.59. The van der Waals surface area contributed by atoms with Crippen molar-refractivity contribution in [2.75, 3.05) is 19.7 Å². The van der Waals surface area contributed by atoms with Gasteiger partial charge >= 0.3 is 0 Å². The van der Waals surface area contributed by atoms with E-state index in [9.17, 15) is 4.79 Å². The molecule has 0 N–H and O–H groups in total. The minimum Gasteiger partial charge on any atom is -0.368 e. The van der Waals surface area contributed by atoms with Gasteiger partial charge in [0.2, 0.25) is 0 Å². The molecule has 0 aromatic carbocycles. The van der Waals surface area contributed by atoms with Crippen LogP contribution < -0.4 is 0 Å². The third kappa shape index (κ3) is 3.50. The highest BCUT2D eigenvalue weighted by molar-refractivity contribution is 5.92. The smallest absolute Gasteiger partial charge is 0.274 e. The van der Waals surface area contributed by atoms with Crippen molar-refractivity contribution in [2.24, 2.45) is 0 Å². The molecular formula is C16H19N5O2. The summed E-state index contributed by atoms with van der Waals surface area (Å²) in [5, 5.41) is 0. The molecule has 7 nitrogen and oxygen atoms in total. The van der Waals surface area contributed by atoms with Gasteiger partial charge in [0.25, 0.3) is 5.91 Å². The van der Waals surface area contributed by atoms with E-state index in [2.05, 4.69) is 19.9 Å². The minimum atomic E-state index is -0.244. The highest BCUT2D eigenvalue weighted by Gasteiger charge is 2.28. The summed E-state index contributed by atoms with van der Waals surface area (Å²) in [6.07, 6.45) is 2.87. The van der Waals surface area contributed by atoms with Gasteiger partial charge in [-0.25, -0.2) is 15.0 Å². The lowest BCUT2D eigenvalue weighted by atomic mass is 10.1. The van der Waals surface area contributed by atoms with Crippen LogP contribution in [-0.2, 0) is 4.74 Å². The summed E-state index contributed by atoms with van der Waals surface area (Å²) in [7, 11) is 0. The maximum absolute atomic E-state index is 12.6. The molecule has 1 aliphatic heterocycles. The standard InChI is InChI=1S/C16H19N5O2/c1-10-6-13(20-12(3)19-10)15-9-21(4-5-23-15)16(22)14-8-17-11(2)7-18-14/h6-8,15H,4-5,9H2,1-3H3/t15-/m1/s1. The van der Waals surface area contributed by atoms with Gasteiger partial charge in [0, 0.05) is 18.4 Å². The molecule has 23 heavy (non-hydrogen) atoms. The zero-order valence-corrected chi connectivity index (χ0v) is 13.5. The number of aromatic nitrogens is 4. The lowest BCUT2D eigenvalue weighted by molar-refractivity contribution is -0.0250. The quantitative estimate of drug-likeness (QED) is 0.834. The normalized spacial score (nSPS) is 18.0. The average Bonchev–Trinajstić information content (AvgIpc) is 2.54. The largest absolute Gasteiger partial charge is 0.368 e. The Morgan fingerprint density at radius 2 is 2.00 bits per heavy atom. The molecule has 1 fully saturated rings. The molecule has 3 heterocycles. The van der Waals surface area contributed by atoms with E-state index in [1.807, 2.05) is 26.8 Å². The SMILES string of the molecule is Cc1cnc(C(=O)N2CCO[C@@H](c3cc(C)nc(C)n3)C2)cn1. The molecule has 3 rings (SSSR count). The Hall–Kier alpha value is -2.41. The molecule has 0 bridgehead atoms. The summed E-state index contributed by atoms with van der Waals surface area (Å²) >= 11 is 0. The number of hydrogen-bond donors (Lipinski definition) is 0. The summed E-state index contributed by atoms with van der Waals surface area (Å²) in [5.74, 6) is 0.574. The summed E-state index contributed by atoms with van der Waals surface area (Å²) in [4.78, 5) is 31.3. The zero-order valence-electron chi connectivity index (χ0n) is 13.5. The van der Waals surface area contributed by atoms with Crippen LogP contribution in [-0.4, -0.2) is 50.4 Å². The number of nitrogens with zero attached hydrogens (tertiary/aromatic N) is 5. The molecule has 0 unspecified atom stereocenters. The number of aryl methyl sites for hydroxylation is 3. The summed E-state index contributed by atoms with van der Waals surface area (Å²) in [6.45, 7) is 7.07. The first-order valence-corrected chi connectivity index (χ1v) is 7.54. The first-order chi connectivity index (χ1) is 11.0. The first kappa shape index (κ1) is 15.5. The van der Waals surface area contributed by atoms with Gasteiger partial charge in [-0.05, 0) is 26.8 Å². The molecule has 1 saturated heterocycles. The Balaban J connectivity index is 1.77. The van der Waals surface area contributed by atoms with Crippen LogP contribution in [0, 0.1) is 20.8 Å². The van der Waals surface area contributed by atoms with Crippen molar-refractivity contribution in [2.45, 2.75) is 26.9 Å². The van der Waals surface area contributed by atoms with E-state index in [4.69, 9.17) is 4.74 Å². The van der Waals surface area contributed by atoms with Crippen molar-refractivity contribution in [3.05, 3.63) is 47.1 Å². The molecular weight excluding hydrogens is 294 g/mol. The molecule has 2 aromatic heterocycles. The molecule has 0 aliphatic carbocycles. The zero-order chi connectivity index (χ0) is 16.4. The Labute approximate surface area is 134 Å². The maximum atomic E-state index is 12.6. The molecule has 2 aromatic rings. The fourth-order valence-corrected chi connectivity index (χ4v) is 2.59. The molecule has 7 heteroatoms. The van der Waals surface area contributed by atoms with Crippen LogP contribution >= 0.6 is 0 Å². The topological polar surface area (TPSA) is 81.1 Å². The molecule has 1 aliphatic rings. The van der Waals surface area contributed by atoms with Crippen molar-refractivity contribution in [3.63, 3.8) is 0 Å². The van der Waals surface area contributed by atoms with Gasteiger partial charge in [0.15, 0.2) is 0 Å². The Morgan fingerprint density at radius 1 is 1.17 bits per heavy atom. The predicted molar refractivity (Wildman–Crippen MR) is 82.9 cm³/mol. The van der Waals surface area contributed by atoms with Crippen molar-refractivity contribution in [1.82, 2.24) is 24.8 Å². The van der Waals surface area contributed by atoms with Crippen LogP contribution in [0.25, 0.3) is 0 Å². The third-order valence-electron chi connectivity index (χ3n) is 3.67. The van der Waals surface area contributed by atoms with E-state index in [1.165, 1.54) is 6.20 Å². The summed E-state index contributed by atoms with van der Waals surface area (Å²) < 4.78 is 5.79. The van der Waals surface area contributed by atoms with E-state index >= 15 is 0 Å². The lowest BCUT2D eigenvalue weighted by Gasteiger charge is -2.32. The van der Waals surface area contributed by atoms with Gasteiger partial charge < -0.3 is 9.64 Å². The fraction of sp³-hybridized carbons (Fsp3) is 0.438. The number of amides is 1. The van der Waals surface area contributed by atoms with Crippen LogP contribution in [0.15, 0.2) is 18.5 Å². The van der Waals surface area contributed by atoms with Gasteiger partial charge in [-0.2, -0.15) is 0 Å². The molecule has 0 radical (unpaired) electrons. The van der Waals surface area contributed by atoms with E-state index in [-0.39, 0.29) is 12.0 Å². The molecule has 1 atom stereocenters. The van der Waals surface area contributed by atoms with E-state index in [0.717, 1.165) is 17.1 Å². The Bertz CT molecular complexity index is 697. The second-order valence-corrected chi connectivity index (χ2v) is 5.64. The van der Waals surface area contributed by atoms with Crippen molar-refractivity contribution >= 4 is 5.91 Å². The van der Waals surface area contributed by atoms with E-state index in [1.54, 1.807) is 11.1 Å². The first-order valence-electron chi connectivity index (χ1n) is 7.54. The van der Waals surface area contributed by atoms with Crippen LogP contribution in [0.3, 0.4) is 0 Å². The van der Waals surface area contributed by atoms with Gasteiger partial charge in [0.05, 0.1) is 30.7 Å². The highest BCUT2D eigenvalue weighted by atomic mass is 16.5. The van der Waals surface area contributed by atoms with Gasteiger partial charge in [-0.1, -0.05) is 0 Å². The Kier molecular flexibility index (Phi) is 4.29.